The van der Waals surface area contributed by atoms with E-state index in [1.54, 1.807) is 0 Å². The van der Waals surface area contributed by atoms with Gasteiger partial charge in [-0.3, -0.25) is 14.4 Å². The van der Waals surface area contributed by atoms with Crippen LogP contribution in [0.5, 0.6) is 0 Å². The summed E-state index contributed by atoms with van der Waals surface area (Å²) in [6.45, 7) is 5.04. The molecule has 0 aromatic heterocycles. The van der Waals surface area contributed by atoms with Crippen LogP contribution in [-0.4, -0.2) is 24.1 Å². The average molecular weight is 210 g/mol. The Morgan fingerprint density at radius 1 is 1.60 bits per heavy atom. The molecule has 0 bridgehead atoms. The normalized spacial score (nSPS) is 26.2. The maximum Gasteiger partial charge on any atom is 0.319 e. The van der Waals surface area contributed by atoms with E-state index in [1.807, 2.05) is 0 Å². The fraction of sp³-hybridized carbons (Fsp3) is 0.545. The lowest BCUT2D eigenvalue weighted by molar-refractivity contribution is -0.160. The monoisotopic (exact) mass is 210 g/mol. The lowest BCUT2D eigenvalue weighted by atomic mass is 9.74. The number of carbonyl (C=O) groups is 3. The zero-order valence-corrected chi connectivity index (χ0v) is 8.75. The zero-order chi connectivity index (χ0) is 11.5. The number of rotatable bonds is 3. The van der Waals surface area contributed by atoms with Crippen molar-refractivity contribution < 1.29 is 19.1 Å². The summed E-state index contributed by atoms with van der Waals surface area (Å²) in [5, 5.41) is 0. The van der Waals surface area contributed by atoms with Gasteiger partial charge in [0.2, 0.25) is 0 Å². The largest absolute Gasteiger partial charge is 0.461 e. The third-order valence-electron chi connectivity index (χ3n) is 2.66. The molecule has 4 nitrogen and oxygen atoms in total. The third kappa shape index (κ3) is 2.32. The van der Waals surface area contributed by atoms with Crippen LogP contribution in [0.4, 0.5) is 0 Å². The van der Waals surface area contributed by atoms with Crippen LogP contribution in [0, 0.1) is 5.41 Å². The minimum absolute atomic E-state index is 0.0929. The number of Topliss-reactive ketones (excluding diaryl/α,β-unsaturated/α-hetero) is 2. The van der Waals surface area contributed by atoms with Gasteiger partial charge in [-0.25, -0.2) is 0 Å². The molecule has 1 saturated carbocycles. The molecule has 1 aliphatic rings. The fourth-order valence-corrected chi connectivity index (χ4v) is 1.50. The smallest absolute Gasteiger partial charge is 0.319 e. The molecule has 0 aromatic carbocycles. The molecule has 0 aliphatic heterocycles. The van der Waals surface area contributed by atoms with Gasteiger partial charge in [-0.2, -0.15) is 0 Å². The molecule has 0 aromatic rings. The van der Waals surface area contributed by atoms with Crippen molar-refractivity contribution in [1.29, 1.82) is 0 Å². The highest BCUT2D eigenvalue weighted by Gasteiger charge is 2.45. The highest BCUT2D eigenvalue weighted by atomic mass is 16.5. The summed E-state index contributed by atoms with van der Waals surface area (Å²) >= 11 is 0. The highest BCUT2D eigenvalue weighted by Crippen LogP contribution is 2.32. The SMILES string of the molecule is C=CCOC(=O)C1(C)CCC(=O)CC1=O. The maximum absolute atomic E-state index is 11.6. The van der Waals surface area contributed by atoms with Crippen LogP contribution in [0.2, 0.25) is 0 Å². The first-order valence-corrected chi connectivity index (χ1v) is 4.84. The van der Waals surface area contributed by atoms with Gasteiger partial charge in [-0.05, 0) is 13.3 Å². The summed E-state index contributed by atoms with van der Waals surface area (Å²) in [5.41, 5.74) is -1.14. The van der Waals surface area contributed by atoms with Crippen molar-refractivity contribution in [3.63, 3.8) is 0 Å². The first-order chi connectivity index (χ1) is 7.00. The summed E-state index contributed by atoms with van der Waals surface area (Å²) in [6.07, 6.45) is 1.81. The summed E-state index contributed by atoms with van der Waals surface area (Å²) in [6, 6.07) is 0. The molecule has 1 rings (SSSR count). The quantitative estimate of drug-likeness (QED) is 0.397. The minimum atomic E-state index is -1.14. The Morgan fingerprint density at radius 3 is 2.80 bits per heavy atom. The molecule has 1 aliphatic carbocycles. The van der Waals surface area contributed by atoms with Gasteiger partial charge >= 0.3 is 5.97 Å². The van der Waals surface area contributed by atoms with E-state index in [0.29, 0.717) is 0 Å². The molecule has 1 fully saturated rings. The molecule has 0 saturated heterocycles. The van der Waals surface area contributed by atoms with E-state index in [1.165, 1.54) is 13.0 Å². The number of carbonyl (C=O) groups excluding carboxylic acids is 3. The van der Waals surface area contributed by atoms with E-state index in [9.17, 15) is 14.4 Å². The van der Waals surface area contributed by atoms with Crippen molar-refractivity contribution >= 4 is 17.5 Å². The number of esters is 1. The maximum atomic E-state index is 11.6. The van der Waals surface area contributed by atoms with Gasteiger partial charge in [-0.1, -0.05) is 12.7 Å². The van der Waals surface area contributed by atoms with Gasteiger partial charge in [0.1, 0.15) is 17.8 Å². The third-order valence-corrected chi connectivity index (χ3v) is 2.66. The number of ketones is 2. The molecule has 82 valence electrons. The minimum Gasteiger partial charge on any atom is -0.461 e. The molecule has 0 spiro atoms. The van der Waals surface area contributed by atoms with E-state index in [2.05, 4.69) is 6.58 Å². The van der Waals surface area contributed by atoms with Crippen LogP contribution >= 0.6 is 0 Å². The Morgan fingerprint density at radius 2 is 2.27 bits per heavy atom. The number of hydrogen-bond donors (Lipinski definition) is 0. The van der Waals surface area contributed by atoms with Gasteiger partial charge < -0.3 is 4.74 Å². The molecule has 0 N–H and O–H groups in total. The lowest BCUT2D eigenvalue weighted by Crippen LogP contribution is -2.42. The lowest BCUT2D eigenvalue weighted by Gasteiger charge is -2.28. The van der Waals surface area contributed by atoms with Gasteiger partial charge in [-0.15, -0.1) is 0 Å². The summed E-state index contributed by atoms with van der Waals surface area (Å²) in [7, 11) is 0. The Balaban J connectivity index is 2.72. The van der Waals surface area contributed by atoms with E-state index in [0.717, 1.165) is 0 Å². The van der Waals surface area contributed by atoms with Crippen molar-refractivity contribution in [3.8, 4) is 0 Å². The first-order valence-electron chi connectivity index (χ1n) is 4.84. The summed E-state index contributed by atoms with van der Waals surface area (Å²) < 4.78 is 4.85. The molecule has 1 atom stereocenters. The van der Waals surface area contributed by atoms with Gasteiger partial charge in [0, 0.05) is 6.42 Å². The van der Waals surface area contributed by atoms with Crippen LogP contribution in [0.1, 0.15) is 26.2 Å². The Labute approximate surface area is 88.3 Å². The second-order valence-electron chi connectivity index (χ2n) is 3.86. The van der Waals surface area contributed by atoms with Crippen molar-refractivity contribution in [3.05, 3.63) is 12.7 Å². The van der Waals surface area contributed by atoms with Gasteiger partial charge in [0.15, 0.2) is 5.78 Å². The predicted octanol–water partition coefficient (Wildman–Crippen LogP) is 1.04. The second kappa shape index (κ2) is 4.38. The van der Waals surface area contributed by atoms with Crippen molar-refractivity contribution in [2.24, 2.45) is 5.41 Å². The van der Waals surface area contributed by atoms with E-state index in [-0.39, 0.29) is 37.4 Å². The average Bonchev–Trinajstić information content (AvgIpc) is 2.20. The zero-order valence-electron chi connectivity index (χ0n) is 8.75. The van der Waals surface area contributed by atoms with Gasteiger partial charge in [0.25, 0.3) is 0 Å². The van der Waals surface area contributed by atoms with Crippen LogP contribution in [0.25, 0.3) is 0 Å². The van der Waals surface area contributed by atoms with E-state index >= 15 is 0 Å². The van der Waals surface area contributed by atoms with Crippen LogP contribution in [0.15, 0.2) is 12.7 Å². The van der Waals surface area contributed by atoms with Gasteiger partial charge in [0.05, 0.1) is 6.42 Å². The Kier molecular flexibility index (Phi) is 3.39. The predicted molar refractivity (Wildman–Crippen MR) is 53.1 cm³/mol. The molecule has 0 radical (unpaired) electrons. The standard InChI is InChI=1S/C11H14O4/c1-3-6-15-10(14)11(2)5-4-8(12)7-9(11)13/h3H,1,4-7H2,2H3. The molecule has 15 heavy (non-hydrogen) atoms. The fourth-order valence-electron chi connectivity index (χ4n) is 1.50. The molecule has 0 amide bonds. The van der Waals surface area contributed by atoms with Crippen LogP contribution < -0.4 is 0 Å². The second-order valence-corrected chi connectivity index (χ2v) is 3.86. The number of ether oxygens (including phenoxy) is 1. The summed E-state index contributed by atoms with van der Waals surface area (Å²) in [5.74, 6) is -0.998. The van der Waals surface area contributed by atoms with Crippen molar-refractivity contribution in [1.82, 2.24) is 0 Å². The topological polar surface area (TPSA) is 60.4 Å². The summed E-state index contributed by atoms with van der Waals surface area (Å²) in [4.78, 5) is 34.2. The Hall–Kier alpha value is -1.45. The first kappa shape index (κ1) is 11.6. The molecule has 1 unspecified atom stereocenters. The van der Waals surface area contributed by atoms with E-state index < -0.39 is 11.4 Å². The molecule has 4 heteroatoms. The highest BCUT2D eigenvalue weighted by molar-refractivity contribution is 6.13. The van der Waals surface area contributed by atoms with Crippen molar-refractivity contribution in [2.45, 2.75) is 26.2 Å². The van der Waals surface area contributed by atoms with E-state index in [4.69, 9.17) is 4.74 Å². The molecular weight excluding hydrogens is 196 g/mol. The molecule has 0 heterocycles. The molecular formula is C11H14O4. The number of hydrogen-bond acceptors (Lipinski definition) is 4. The van der Waals surface area contributed by atoms with Crippen LogP contribution in [0.3, 0.4) is 0 Å². The van der Waals surface area contributed by atoms with Crippen molar-refractivity contribution in [2.75, 3.05) is 6.61 Å². The van der Waals surface area contributed by atoms with Crippen LogP contribution in [-0.2, 0) is 19.1 Å². The Bertz CT molecular complexity index is 319.